The molecule has 0 rings (SSSR count). The van der Waals surface area contributed by atoms with E-state index in [2.05, 4.69) is 135 Å². The molecule has 83 heavy (non-hydrogen) atoms. The molecule has 2 unspecified atom stereocenters. The van der Waals surface area contributed by atoms with Gasteiger partial charge in [-0.1, -0.05) is 302 Å². The van der Waals surface area contributed by atoms with Crippen molar-refractivity contribution in [3.8, 4) is 0 Å². The van der Waals surface area contributed by atoms with E-state index in [0.717, 1.165) is 116 Å². The Morgan fingerprint density at radius 2 is 0.627 bits per heavy atom. The molecule has 0 saturated heterocycles. The van der Waals surface area contributed by atoms with Crippen LogP contribution in [0.15, 0.2) is 122 Å². The van der Waals surface area contributed by atoms with Crippen LogP contribution in [-0.4, -0.2) is 49.3 Å². The Hall–Kier alpha value is -3.59. The molecule has 0 spiro atoms. The quantitative estimate of drug-likeness (QED) is 0.0264. The minimum atomic E-state index is -4.40. The van der Waals surface area contributed by atoms with E-state index in [1.165, 1.54) is 148 Å². The molecule has 9 nitrogen and oxygen atoms in total. The highest BCUT2D eigenvalue weighted by atomic mass is 31.2. The third-order valence-electron chi connectivity index (χ3n) is 14.3. The number of carbonyl (C=O) groups excluding carboxylic acids is 2. The summed E-state index contributed by atoms with van der Waals surface area (Å²) in [7, 11) is -4.40. The molecule has 0 aromatic heterocycles. The highest BCUT2D eigenvalue weighted by Gasteiger charge is 2.26. The maximum Gasteiger partial charge on any atom is 0.472 e. The van der Waals surface area contributed by atoms with Gasteiger partial charge in [0.25, 0.3) is 0 Å². The predicted octanol–water partition coefficient (Wildman–Crippen LogP) is 22.3. The van der Waals surface area contributed by atoms with Gasteiger partial charge in [0.15, 0.2) is 6.10 Å². The van der Waals surface area contributed by atoms with Crippen LogP contribution in [0.25, 0.3) is 0 Å². The zero-order valence-corrected chi connectivity index (χ0v) is 54.3. The highest BCUT2D eigenvalue weighted by Crippen LogP contribution is 2.43. The summed E-state index contributed by atoms with van der Waals surface area (Å²) in [6, 6.07) is 0. The van der Waals surface area contributed by atoms with Crippen molar-refractivity contribution in [2.24, 2.45) is 5.73 Å². The van der Waals surface area contributed by atoms with Crippen LogP contribution in [0.4, 0.5) is 0 Å². The molecular weight excluding hydrogens is 1050 g/mol. The number of nitrogens with two attached hydrogens (primary N) is 1. The molecule has 0 radical (unpaired) electrons. The van der Waals surface area contributed by atoms with Gasteiger partial charge < -0.3 is 20.1 Å². The number of allylic oxidation sites excluding steroid dienone is 20. The van der Waals surface area contributed by atoms with Crippen LogP contribution in [0, 0.1) is 0 Å². The summed E-state index contributed by atoms with van der Waals surface area (Å²) in [6.07, 6.45) is 94.3. The van der Waals surface area contributed by atoms with Gasteiger partial charge in [0, 0.05) is 19.4 Å². The lowest BCUT2D eigenvalue weighted by atomic mass is 10.0. The molecule has 0 amide bonds. The summed E-state index contributed by atoms with van der Waals surface area (Å²) in [5.41, 5.74) is 5.40. The molecule has 0 aliphatic rings. The Balaban J connectivity index is 3.86. The molecule has 0 bridgehead atoms. The van der Waals surface area contributed by atoms with E-state index in [9.17, 15) is 19.0 Å². The fraction of sp³-hybridized carbons (Fsp3) is 0.699. The number of carbonyl (C=O) groups is 2. The maximum absolute atomic E-state index is 12.8. The fourth-order valence-electron chi connectivity index (χ4n) is 9.40. The number of phosphoric acid groups is 1. The number of esters is 2. The molecule has 0 saturated carbocycles. The number of phosphoric ester groups is 1. The van der Waals surface area contributed by atoms with Gasteiger partial charge >= 0.3 is 19.8 Å². The molecule has 0 aromatic carbocycles. The lowest BCUT2D eigenvalue weighted by Gasteiger charge is -2.19. The Morgan fingerprint density at radius 3 is 0.928 bits per heavy atom. The van der Waals surface area contributed by atoms with Crippen LogP contribution < -0.4 is 5.73 Å². The average Bonchev–Trinajstić information content (AvgIpc) is 3.48. The van der Waals surface area contributed by atoms with Crippen molar-refractivity contribution >= 4 is 19.8 Å². The number of ether oxygens (including phenoxy) is 2. The molecule has 3 N–H and O–H groups in total. The first kappa shape index (κ1) is 79.4. The summed E-state index contributed by atoms with van der Waals surface area (Å²) in [6.45, 7) is 3.53. The normalized spacial score (nSPS) is 13.7. The van der Waals surface area contributed by atoms with E-state index < -0.39 is 26.5 Å². The fourth-order valence-corrected chi connectivity index (χ4v) is 10.2. The lowest BCUT2D eigenvalue weighted by Crippen LogP contribution is -2.29. The minimum absolute atomic E-state index is 0.0496. The van der Waals surface area contributed by atoms with E-state index in [1.807, 2.05) is 0 Å². The molecule has 0 heterocycles. The zero-order valence-electron chi connectivity index (χ0n) is 53.4. The van der Waals surface area contributed by atoms with Gasteiger partial charge in [-0.05, 0) is 103 Å². The molecule has 476 valence electrons. The molecule has 2 atom stereocenters. The first-order valence-corrected chi connectivity index (χ1v) is 35.5. The van der Waals surface area contributed by atoms with Gasteiger partial charge in [-0.2, -0.15) is 0 Å². The van der Waals surface area contributed by atoms with E-state index in [1.54, 1.807) is 0 Å². The van der Waals surface area contributed by atoms with Gasteiger partial charge in [-0.25, -0.2) is 4.57 Å². The summed E-state index contributed by atoms with van der Waals surface area (Å²) < 4.78 is 33.1. The Bertz CT molecular complexity index is 1770. The SMILES string of the molecule is CC/C=C\C/C=C\C/C=C\C/C=C\C/C=C\C/C=C\CCCCCCCCCCCCCCCCCCCCCCC(=O)OC(COC(=O)CCCCCCCCCCCC/C=C\C/C=C\C/C=C\C/C=C\CC)COP(=O)(O)OCCN. The van der Waals surface area contributed by atoms with Crippen molar-refractivity contribution in [2.75, 3.05) is 26.4 Å². The van der Waals surface area contributed by atoms with Gasteiger partial charge in [0.1, 0.15) is 6.61 Å². The van der Waals surface area contributed by atoms with Crippen LogP contribution in [-0.2, 0) is 32.7 Å². The Morgan fingerprint density at radius 1 is 0.361 bits per heavy atom. The van der Waals surface area contributed by atoms with Crippen LogP contribution in [0.5, 0.6) is 0 Å². The smallest absolute Gasteiger partial charge is 0.462 e. The molecule has 0 aromatic rings. The minimum Gasteiger partial charge on any atom is -0.462 e. The summed E-state index contributed by atoms with van der Waals surface area (Å²) in [5, 5.41) is 0. The van der Waals surface area contributed by atoms with Gasteiger partial charge in [0.05, 0.1) is 13.2 Å². The van der Waals surface area contributed by atoms with Crippen LogP contribution >= 0.6 is 7.82 Å². The van der Waals surface area contributed by atoms with E-state index >= 15 is 0 Å². The summed E-state index contributed by atoms with van der Waals surface area (Å²) in [4.78, 5) is 35.3. The second-order valence-electron chi connectivity index (χ2n) is 22.3. The highest BCUT2D eigenvalue weighted by molar-refractivity contribution is 7.47. The topological polar surface area (TPSA) is 134 Å². The average molecular weight is 1180 g/mol. The molecular formula is C73H126NO8P. The standard InChI is InChI=1S/C73H126NO8P/c1-3-5-7-9-11-13-15-17-19-21-23-25-27-28-29-30-31-32-33-34-35-36-37-38-39-40-41-42-44-46-48-50-52-54-56-58-60-62-64-66-73(76)82-71(70-81-83(77,78)80-68-67-74)69-79-72(75)65-63-61-59-57-55-53-51-49-47-45-43-26-24-22-20-18-16-14-12-10-8-6-4-2/h5-8,11-14,17-20,23-26,28-29,31-32,71H,3-4,9-10,15-16,21-22,27,30,33-70,74H2,1-2H3,(H,77,78)/b7-5-,8-6-,13-11-,14-12-,19-17-,20-18-,25-23-,26-24-,29-28-,32-31-. The number of hydrogen-bond acceptors (Lipinski definition) is 8. The third kappa shape index (κ3) is 67.4. The number of unbranched alkanes of at least 4 members (excludes halogenated alkanes) is 30. The lowest BCUT2D eigenvalue weighted by molar-refractivity contribution is -0.161. The molecule has 10 heteroatoms. The number of rotatable bonds is 63. The third-order valence-corrected chi connectivity index (χ3v) is 15.3. The van der Waals surface area contributed by atoms with Crippen molar-refractivity contribution in [3.05, 3.63) is 122 Å². The summed E-state index contributed by atoms with van der Waals surface area (Å²) in [5.74, 6) is -0.827. The monoisotopic (exact) mass is 1180 g/mol. The van der Waals surface area contributed by atoms with Crippen LogP contribution in [0.1, 0.15) is 296 Å². The first-order chi connectivity index (χ1) is 40.8. The van der Waals surface area contributed by atoms with Gasteiger partial charge in [-0.15, -0.1) is 0 Å². The summed E-state index contributed by atoms with van der Waals surface area (Å²) >= 11 is 0. The van der Waals surface area contributed by atoms with Crippen molar-refractivity contribution in [1.29, 1.82) is 0 Å². The van der Waals surface area contributed by atoms with Crippen molar-refractivity contribution in [2.45, 2.75) is 302 Å². The van der Waals surface area contributed by atoms with Gasteiger partial charge in [-0.3, -0.25) is 18.6 Å². The van der Waals surface area contributed by atoms with Crippen LogP contribution in [0.3, 0.4) is 0 Å². The number of hydrogen-bond donors (Lipinski definition) is 2. The Kier molecular flexibility index (Phi) is 64.6. The molecule has 0 fully saturated rings. The van der Waals surface area contributed by atoms with Crippen molar-refractivity contribution < 1.29 is 37.6 Å². The predicted molar refractivity (Wildman–Crippen MR) is 358 cm³/mol. The molecule has 0 aliphatic heterocycles. The van der Waals surface area contributed by atoms with Gasteiger partial charge in [0.2, 0.25) is 0 Å². The van der Waals surface area contributed by atoms with Crippen molar-refractivity contribution in [1.82, 2.24) is 0 Å². The van der Waals surface area contributed by atoms with E-state index in [0.29, 0.717) is 6.42 Å². The first-order valence-electron chi connectivity index (χ1n) is 34.0. The van der Waals surface area contributed by atoms with E-state index in [-0.39, 0.29) is 38.6 Å². The van der Waals surface area contributed by atoms with E-state index in [4.69, 9.17) is 24.3 Å². The Labute approximate surface area is 511 Å². The second kappa shape index (κ2) is 67.5. The largest absolute Gasteiger partial charge is 0.472 e. The maximum atomic E-state index is 12.8. The van der Waals surface area contributed by atoms with Crippen molar-refractivity contribution in [3.63, 3.8) is 0 Å². The zero-order chi connectivity index (χ0) is 60.1. The second-order valence-corrected chi connectivity index (χ2v) is 23.7. The molecule has 0 aliphatic carbocycles. The van der Waals surface area contributed by atoms with Crippen LogP contribution in [0.2, 0.25) is 0 Å².